The molecule has 0 aliphatic carbocycles. The van der Waals surface area contributed by atoms with E-state index in [4.69, 9.17) is 4.74 Å². The standard InChI is InChI=1S/C14H18O4S/c1-10-2-3-13-11(8-10)12(15)9-14(18-13)4-6-19(16,17)7-5-14/h2-3,8,12,15H,4-7,9H2,1H3/t12-/m1/s1. The minimum atomic E-state index is -2.92. The van der Waals surface area contributed by atoms with Crippen LogP contribution in [-0.2, 0) is 9.84 Å². The fourth-order valence-corrected chi connectivity index (χ4v) is 4.54. The fourth-order valence-electron chi connectivity index (χ4n) is 2.97. The summed E-state index contributed by atoms with van der Waals surface area (Å²) in [6.07, 6.45) is 0.864. The highest BCUT2D eigenvalue weighted by Gasteiger charge is 2.44. The molecular weight excluding hydrogens is 264 g/mol. The smallest absolute Gasteiger partial charge is 0.150 e. The number of rotatable bonds is 0. The van der Waals surface area contributed by atoms with Gasteiger partial charge in [0.2, 0.25) is 0 Å². The molecule has 1 spiro atoms. The van der Waals surface area contributed by atoms with Crippen LogP contribution in [0, 0.1) is 6.92 Å². The van der Waals surface area contributed by atoms with Gasteiger partial charge >= 0.3 is 0 Å². The highest BCUT2D eigenvalue weighted by molar-refractivity contribution is 7.91. The average molecular weight is 282 g/mol. The molecule has 0 amide bonds. The van der Waals surface area contributed by atoms with Crippen LogP contribution in [-0.4, -0.2) is 30.6 Å². The molecule has 1 saturated heterocycles. The summed E-state index contributed by atoms with van der Waals surface area (Å²) in [5.74, 6) is 1.01. The molecule has 1 aromatic rings. The third-order valence-electron chi connectivity index (χ3n) is 4.15. The first-order valence-corrected chi connectivity index (χ1v) is 8.39. The zero-order valence-corrected chi connectivity index (χ0v) is 11.7. The van der Waals surface area contributed by atoms with Gasteiger partial charge in [-0.1, -0.05) is 11.6 Å². The van der Waals surface area contributed by atoms with Gasteiger partial charge in [0, 0.05) is 24.8 Å². The maximum atomic E-state index is 11.5. The Balaban J connectivity index is 1.91. The summed E-state index contributed by atoms with van der Waals surface area (Å²) in [6.45, 7) is 1.98. The van der Waals surface area contributed by atoms with Gasteiger partial charge in [-0.05, 0) is 19.1 Å². The molecule has 5 heteroatoms. The van der Waals surface area contributed by atoms with E-state index in [-0.39, 0.29) is 11.5 Å². The average Bonchev–Trinajstić information content (AvgIpc) is 2.35. The number of aliphatic hydroxyl groups is 1. The Labute approximate surface area is 113 Å². The van der Waals surface area contributed by atoms with Crippen LogP contribution in [0.25, 0.3) is 0 Å². The van der Waals surface area contributed by atoms with E-state index in [0.29, 0.717) is 25.0 Å². The van der Waals surface area contributed by atoms with Crippen molar-refractivity contribution >= 4 is 9.84 Å². The lowest BCUT2D eigenvalue weighted by atomic mass is 9.84. The minimum Gasteiger partial charge on any atom is -0.487 e. The predicted octanol–water partition coefficient (Wildman–Crippen LogP) is 1.76. The summed E-state index contributed by atoms with van der Waals surface area (Å²) >= 11 is 0. The molecule has 2 aliphatic heterocycles. The molecule has 0 aromatic heterocycles. The van der Waals surface area contributed by atoms with Crippen LogP contribution >= 0.6 is 0 Å². The fraction of sp³-hybridized carbons (Fsp3) is 0.571. The molecule has 0 radical (unpaired) electrons. The highest BCUT2D eigenvalue weighted by atomic mass is 32.2. The zero-order valence-electron chi connectivity index (χ0n) is 10.9. The van der Waals surface area contributed by atoms with Crippen molar-refractivity contribution in [1.29, 1.82) is 0 Å². The van der Waals surface area contributed by atoms with Crippen molar-refractivity contribution in [3.05, 3.63) is 29.3 Å². The largest absolute Gasteiger partial charge is 0.487 e. The van der Waals surface area contributed by atoms with Gasteiger partial charge in [0.1, 0.15) is 11.4 Å². The molecule has 1 N–H and O–H groups in total. The molecule has 1 fully saturated rings. The Morgan fingerprint density at radius 3 is 2.68 bits per heavy atom. The van der Waals surface area contributed by atoms with Gasteiger partial charge in [0.15, 0.2) is 9.84 Å². The molecule has 2 heterocycles. The summed E-state index contributed by atoms with van der Waals surface area (Å²) in [5.41, 5.74) is 1.40. The van der Waals surface area contributed by atoms with Crippen LogP contribution in [0.15, 0.2) is 18.2 Å². The number of fused-ring (bicyclic) bond motifs is 1. The number of hydrogen-bond donors (Lipinski definition) is 1. The summed E-state index contributed by atoms with van der Waals surface area (Å²) in [4.78, 5) is 0. The molecule has 19 heavy (non-hydrogen) atoms. The first-order valence-electron chi connectivity index (χ1n) is 6.57. The molecule has 3 rings (SSSR count). The minimum absolute atomic E-state index is 0.154. The summed E-state index contributed by atoms with van der Waals surface area (Å²) < 4.78 is 29.1. The number of aliphatic hydroxyl groups excluding tert-OH is 1. The van der Waals surface area contributed by atoms with E-state index in [9.17, 15) is 13.5 Å². The van der Waals surface area contributed by atoms with E-state index in [0.717, 1.165) is 11.1 Å². The lowest BCUT2D eigenvalue weighted by Gasteiger charge is -2.43. The number of hydrogen-bond acceptors (Lipinski definition) is 4. The topological polar surface area (TPSA) is 63.6 Å². The Hall–Kier alpha value is -1.07. The van der Waals surface area contributed by atoms with Gasteiger partial charge in [-0.2, -0.15) is 0 Å². The Morgan fingerprint density at radius 2 is 2.00 bits per heavy atom. The van der Waals surface area contributed by atoms with Crippen molar-refractivity contribution in [2.24, 2.45) is 0 Å². The van der Waals surface area contributed by atoms with Gasteiger partial charge in [0.05, 0.1) is 17.6 Å². The van der Waals surface area contributed by atoms with E-state index in [2.05, 4.69) is 0 Å². The molecule has 0 bridgehead atoms. The Kier molecular flexibility index (Phi) is 2.87. The Bertz CT molecular complexity index is 592. The van der Waals surface area contributed by atoms with Gasteiger partial charge in [0.25, 0.3) is 0 Å². The first-order chi connectivity index (χ1) is 8.89. The second kappa shape index (κ2) is 4.21. The van der Waals surface area contributed by atoms with E-state index < -0.39 is 21.5 Å². The molecule has 4 nitrogen and oxygen atoms in total. The molecule has 2 aliphatic rings. The number of aryl methyl sites for hydroxylation is 1. The van der Waals surface area contributed by atoms with Crippen LogP contribution in [0.1, 0.15) is 36.5 Å². The van der Waals surface area contributed by atoms with Crippen molar-refractivity contribution in [3.8, 4) is 5.75 Å². The Morgan fingerprint density at radius 1 is 1.32 bits per heavy atom. The van der Waals surface area contributed by atoms with Gasteiger partial charge < -0.3 is 9.84 Å². The van der Waals surface area contributed by atoms with Crippen molar-refractivity contribution in [2.75, 3.05) is 11.5 Å². The monoisotopic (exact) mass is 282 g/mol. The molecule has 1 aromatic carbocycles. The van der Waals surface area contributed by atoms with Crippen LogP contribution in [0.5, 0.6) is 5.75 Å². The molecule has 1 atom stereocenters. The predicted molar refractivity (Wildman–Crippen MR) is 72.0 cm³/mol. The van der Waals surface area contributed by atoms with E-state index in [1.54, 1.807) is 0 Å². The maximum Gasteiger partial charge on any atom is 0.150 e. The first kappa shape index (κ1) is 12.9. The van der Waals surface area contributed by atoms with Crippen molar-refractivity contribution < 1.29 is 18.3 Å². The van der Waals surface area contributed by atoms with E-state index in [1.165, 1.54) is 0 Å². The summed E-state index contributed by atoms with van der Waals surface area (Å²) in [7, 11) is -2.92. The highest BCUT2D eigenvalue weighted by Crippen LogP contribution is 2.44. The second-order valence-electron chi connectivity index (χ2n) is 5.70. The van der Waals surface area contributed by atoms with Gasteiger partial charge in [-0.15, -0.1) is 0 Å². The molecule has 104 valence electrons. The zero-order chi connectivity index (χ0) is 13.7. The van der Waals surface area contributed by atoms with Crippen LogP contribution in [0.3, 0.4) is 0 Å². The van der Waals surface area contributed by atoms with Gasteiger partial charge in [-0.25, -0.2) is 8.42 Å². The molecule has 0 unspecified atom stereocenters. The van der Waals surface area contributed by atoms with Gasteiger partial charge in [-0.3, -0.25) is 0 Å². The lowest BCUT2D eigenvalue weighted by Crippen LogP contribution is -2.47. The van der Waals surface area contributed by atoms with Crippen LogP contribution in [0.4, 0.5) is 0 Å². The number of benzene rings is 1. The SMILES string of the molecule is Cc1ccc2c(c1)[C@H](O)CC1(CCS(=O)(=O)CC1)O2. The van der Waals surface area contributed by atoms with Crippen LogP contribution in [0.2, 0.25) is 0 Å². The van der Waals surface area contributed by atoms with Crippen molar-refractivity contribution in [3.63, 3.8) is 0 Å². The third kappa shape index (κ3) is 2.37. The van der Waals surface area contributed by atoms with E-state index in [1.807, 2.05) is 25.1 Å². The second-order valence-corrected chi connectivity index (χ2v) is 8.00. The summed E-state index contributed by atoms with van der Waals surface area (Å²) in [5, 5.41) is 10.3. The maximum absolute atomic E-state index is 11.5. The quantitative estimate of drug-likeness (QED) is 0.787. The summed E-state index contributed by atoms with van der Waals surface area (Å²) in [6, 6.07) is 5.76. The number of ether oxygens (including phenoxy) is 1. The lowest BCUT2D eigenvalue weighted by molar-refractivity contribution is -0.0208. The van der Waals surface area contributed by atoms with E-state index >= 15 is 0 Å². The van der Waals surface area contributed by atoms with Crippen molar-refractivity contribution in [1.82, 2.24) is 0 Å². The molecule has 0 saturated carbocycles. The number of sulfone groups is 1. The molecular formula is C14H18O4S. The normalized spacial score (nSPS) is 27.6. The van der Waals surface area contributed by atoms with Crippen LogP contribution < -0.4 is 4.74 Å². The van der Waals surface area contributed by atoms with Crippen molar-refractivity contribution in [2.45, 2.75) is 37.9 Å². The third-order valence-corrected chi connectivity index (χ3v) is 5.81.